The van der Waals surface area contributed by atoms with E-state index in [1.807, 2.05) is 18.2 Å². The fraction of sp³-hybridized carbons (Fsp3) is 0. The Balaban J connectivity index is 2.24. The summed E-state index contributed by atoms with van der Waals surface area (Å²) in [5.74, 6) is -0.256. The Hall–Kier alpha value is -0.970. The number of nitrogens with one attached hydrogen (secondary N) is 1. The normalized spacial score (nSPS) is 10.2. The number of hydrogen-bond donors (Lipinski definition) is 2. The third kappa shape index (κ3) is 3.28. The topological polar surface area (TPSA) is 29.1 Å². The van der Waals surface area contributed by atoms with Crippen LogP contribution in [0.1, 0.15) is 10.4 Å². The summed E-state index contributed by atoms with van der Waals surface area (Å²) in [4.78, 5) is 12.7. The molecule has 0 atom stereocenters. The number of hydrogen-bond acceptors (Lipinski definition) is 2. The van der Waals surface area contributed by atoms with Crippen LogP contribution in [0.5, 0.6) is 0 Å². The van der Waals surface area contributed by atoms with E-state index in [1.54, 1.807) is 24.3 Å². The number of amides is 1. The molecule has 92 valence electrons. The first-order valence-corrected chi connectivity index (χ1v) is 6.73. The number of anilines is 1. The maximum atomic E-state index is 12.1. The van der Waals surface area contributed by atoms with Gasteiger partial charge in [0.25, 0.3) is 5.91 Å². The van der Waals surface area contributed by atoms with Gasteiger partial charge in [0.2, 0.25) is 0 Å². The van der Waals surface area contributed by atoms with Crippen molar-refractivity contribution < 1.29 is 4.79 Å². The Morgan fingerprint density at radius 2 is 2.00 bits per heavy atom. The summed E-state index contributed by atoms with van der Waals surface area (Å²) in [6.07, 6.45) is 0. The van der Waals surface area contributed by atoms with Crippen LogP contribution >= 0.6 is 40.2 Å². The Morgan fingerprint density at radius 1 is 1.22 bits per heavy atom. The van der Waals surface area contributed by atoms with Crippen molar-refractivity contribution in [1.29, 1.82) is 0 Å². The summed E-state index contributed by atoms with van der Waals surface area (Å²) in [6.45, 7) is 0. The number of thiol groups is 1. The van der Waals surface area contributed by atoms with Gasteiger partial charge in [-0.25, -0.2) is 0 Å². The minimum absolute atomic E-state index is 0.256. The zero-order chi connectivity index (χ0) is 13.1. The van der Waals surface area contributed by atoms with Crippen LogP contribution in [0.3, 0.4) is 0 Å². The van der Waals surface area contributed by atoms with Gasteiger partial charge >= 0.3 is 0 Å². The number of carbonyl (C=O) groups is 1. The Kier molecular flexibility index (Phi) is 4.32. The van der Waals surface area contributed by atoms with Gasteiger partial charge in [-0.1, -0.05) is 33.6 Å². The Bertz CT molecular complexity index is 603. The minimum Gasteiger partial charge on any atom is -0.322 e. The van der Waals surface area contributed by atoms with Crippen molar-refractivity contribution in [3.63, 3.8) is 0 Å². The van der Waals surface area contributed by atoms with Crippen LogP contribution < -0.4 is 5.32 Å². The summed E-state index contributed by atoms with van der Waals surface area (Å²) in [5.41, 5.74) is 1.11. The molecule has 0 radical (unpaired) electrons. The monoisotopic (exact) mass is 341 g/mol. The third-order valence-corrected chi connectivity index (χ3v) is 3.38. The van der Waals surface area contributed by atoms with Crippen molar-refractivity contribution in [1.82, 2.24) is 0 Å². The number of carbonyl (C=O) groups excluding carboxylic acids is 1. The molecule has 0 spiro atoms. The lowest BCUT2D eigenvalue weighted by atomic mass is 10.2. The molecular weight excluding hydrogens is 334 g/mol. The molecule has 0 saturated heterocycles. The Labute approximate surface area is 124 Å². The average molecular weight is 343 g/mol. The van der Waals surface area contributed by atoms with Gasteiger partial charge in [-0.15, -0.1) is 12.6 Å². The first kappa shape index (κ1) is 13.5. The summed E-state index contributed by atoms with van der Waals surface area (Å²) in [5, 5.41) is 3.18. The molecule has 0 aliphatic rings. The summed E-state index contributed by atoms with van der Waals surface area (Å²) in [7, 11) is 0. The highest BCUT2D eigenvalue weighted by Gasteiger charge is 2.11. The van der Waals surface area contributed by atoms with Crippen molar-refractivity contribution in [3.8, 4) is 0 Å². The third-order valence-electron chi connectivity index (χ3n) is 2.28. The molecule has 0 saturated carbocycles. The quantitative estimate of drug-likeness (QED) is 0.765. The second kappa shape index (κ2) is 5.78. The van der Waals surface area contributed by atoms with Gasteiger partial charge in [0.15, 0.2) is 0 Å². The molecule has 0 aromatic heterocycles. The molecule has 0 fully saturated rings. The maximum Gasteiger partial charge on any atom is 0.257 e. The van der Waals surface area contributed by atoms with Crippen LogP contribution in [0.15, 0.2) is 51.8 Å². The van der Waals surface area contributed by atoms with E-state index in [0.717, 1.165) is 4.47 Å². The summed E-state index contributed by atoms with van der Waals surface area (Å²) >= 11 is 13.5. The van der Waals surface area contributed by atoms with E-state index in [-0.39, 0.29) is 5.91 Å². The molecular formula is C13H9BrClNOS. The lowest BCUT2D eigenvalue weighted by molar-refractivity contribution is 0.102. The van der Waals surface area contributed by atoms with Crippen LogP contribution in [0, 0.1) is 0 Å². The lowest BCUT2D eigenvalue weighted by Crippen LogP contribution is -2.12. The van der Waals surface area contributed by atoms with Crippen molar-refractivity contribution >= 4 is 51.8 Å². The predicted octanol–water partition coefficient (Wildman–Crippen LogP) is 4.64. The molecule has 1 N–H and O–H groups in total. The van der Waals surface area contributed by atoms with Crippen molar-refractivity contribution in [2.45, 2.75) is 4.90 Å². The molecule has 0 heterocycles. The summed E-state index contributed by atoms with van der Waals surface area (Å²) in [6, 6.07) is 12.4. The number of benzene rings is 2. The smallest absolute Gasteiger partial charge is 0.257 e. The highest BCUT2D eigenvalue weighted by Crippen LogP contribution is 2.22. The molecule has 0 aliphatic heterocycles. The van der Waals surface area contributed by atoms with Crippen molar-refractivity contribution in [3.05, 3.63) is 57.5 Å². The van der Waals surface area contributed by atoms with Crippen LogP contribution in [0.2, 0.25) is 5.02 Å². The predicted molar refractivity (Wildman–Crippen MR) is 80.8 cm³/mol. The van der Waals surface area contributed by atoms with E-state index in [9.17, 15) is 4.79 Å². The van der Waals surface area contributed by atoms with Gasteiger partial charge in [0.1, 0.15) is 0 Å². The van der Waals surface area contributed by atoms with E-state index < -0.39 is 0 Å². The fourth-order valence-corrected chi connectivity index (χ4v) is 2.26. The van der Waals surface area contributed by atoms with E-state index in [2.05, 4.69) is 33.9 Å². The zero-order valence-corrected chi connectivity index (χ0v) is 12.4. The second-order valence-electron chi connectivity index (χ2n) is 3.63. The van der Waals surface area contributed by atoms with Crippen LogP contribution in [-0.2, 0) is 0 Å². The molecule has 0 unspecified atom stereocenters. The van der Waals surface area contributed by atoms with Gasteiger partial charge in [-0.3, -0.25) is 4.79 Å². The van der Waals surface area contributed by atoms with Gasteiger partial charge in [0.05, 0.1) is 10.6 Å². The molecule has 2 rings (SSSR count). The zero-order valence-electron chi connectivity index (χ0n) is 9.15. The molecule has 5 heteroatoms. The minimum atomic E-state index is -0.256. The maximum absolute atomic E-state index is 12.1. The van der Waals surface area contributed by atoms with Crippen LogP contribution in [0.25, 0.3) is 0 Å². The summed E-state index contributed by atoms with van der Waals surface area (Å²) < 4.78 is 0.898. The lowest BCUT2D eigenvalue weighted by Gasteiger charge is -2.07. The van der Waals surface area contributed by atoms with Crippen LogP contribution in [-0.4, -0.2) is 5.91 Å². The van der Waals surface area contributed by atoms with E-state index >= 15 is 0 Å². The van der Waals surface area contributed by atoms with E-state index in [0.29, 0.717) is 21.2 Å². The van der Waals surface area contributed by atoms with E-state index in [1.165, 1.54) is 0 Å². The standard InChI is InChI=1S/C13H9BrClNOS/c14-8-2-1-3-9(6-8)16-13(17)11-7-10(18)4-5-12(11)15/h1-7,18H,(H,16,17). The molecule has 18 heavy (non-hydrogen) atoms. The van der Waals surface area contributed by atoms with E-state index in [4.69, 9.17) is 11.6 Å². The largest absolute Gasteiger partial charge is 0.322 e. The average Bonchev–Trinajstić information content (AvgIpc) is 2.32. The molecule has 2 aromatic carbocycles. The molecule has 0 bridgehead atoms. The molecule has 2 aromatic rings. The van der Waals surface area contributed by atoms with Gasteiger partial charge in [-0.2, -0.15) is 0 Å². The number of rotatable bonds is 2. The SMILES string of the molecule is O=C(Nc1cccc(Br)c1)c1cc(S)ccc1Cl. The van der Waals surface area contributed by atoms with Crippen molar-refractivity contribution in [2.24, 2.45) is 0 Å². The van der Waals surface area contributed by atoms with Crippen LogP contribution in [0.4, 0.5) is 5.69 Å². The molecule has 0 aliphatic carbocycles. The first-order valence-electron chi connectivity index (χ1n) is 5.12. The van der Waals surface area contributed by atoms with Crippen molar-refractivity contribution in [2.75, 3.05) is 5.32 Å². The van der Waals surface area contributed by atoms with Gasteiger partial charge < -0.3 is 5.32 Å². The number of halogens is 2. The first-order chi connectivity index (χ1) is 8.56. The highest BCUT2D eigenvalue weighted by atomic mass is 79.9. The second-order valence-corrected chi connectivity index (χ2v) is 5.47. The van der Waals surface area contributed by atoms with Gasteiger partial charge in [0, 0.05) is 15.1 Å². The Morgan fingerprint density at radius 3 is 2.72 bits per heavy atom. The molecule has 2 nitrogen and oxygen atoms in total. The highest BCUT2D eigenvalue weighted by molar-refractivity contribution is 9.10. The fourth-order valence-electron chi connectivity index (χ4n) is 1.45. The molecule has 1 amide bonds. The van der Waals surface area contributed by atoms with Gasteiger partial charge in [-0.05, 0) is 36.4 Å².